The minimum absolute atomic E-state index is 0.0578. The van der Waals surface area contributed by atoms with Gasteiger partial charge in [-0.25, -0.2) is 0 Å². The summed E-state index contributed by atoms with van der Waals surface area (Å²) in [6.45, 7) is 7.56. The van der Waals surface area contributed by atoms with Crippen LogP contribution >= 0.6 is 0 Å². The summed E-state index contributed by atoms with van der Waals surface area (Å²) in [6.07, 6.45) is 2.16. The number of carbonyl (C=O) groups is 4. The Morgan fingerprint density at radius 3 is 2.65 bits per heavy atom. The molecule has 2 aliphatic heterocycles. The summed E-state index contributed by atoms with van der Waals surface area (Å²) in [5.74, 6) is -1.52. The number of ether oxygens (including phenoxy) is 2. The Morgan fingerprint density at radius 2 is 1.97 bits per heavy atom. The van der Waals surface area contributed by atoms with E-state index in [0.29, 0.717) is 25.8 Å². The highest BCUT2D eigenvalue weighted by atomic mass is 16.6. The molecule has 0 unspecified atom stereocenters. The van der Waals surface area contributed by atoms with Crippen molar-refractivity contribution in [2.45, 2.75) is 57.4 Å². The molecule has 0 spiro atoms. The Hall–Kier alpha value is -3.20. The fourth-order valence-corrected chi connectivity index (χ4v) is 4.12. The van der Waals surface area contributed by atoms with Crippen LogP contribution < -0.4 is 10.6 Å². The van der Waals surface area contributed by atoms with Crippen LogP contribution in [0.4, 0.5) is 0 Å². The van der Waals surface area contributed by atoms with Crippen LogP contribution in [0.5, 0.6) is 0 Å². The average molecular weight is 472 g/mol. The standard InChI is InChI=1S/C25H33N3O6/c1-4-13-33-20(29)15-26-23(30)18(14-16(2)3)27-24(31)19-11-8-12-28(19)25(32)22-21(34-22)17-9-6-5-7-10-17/h4-7,9-10,16,18-19,21-22H,1,8,11-15H2,2-3H3,(H,26,30)(H,27,31)/t18-,19-,21-,22+/m0/s1. The molecule has 2 aliphatic rings. The lowest BCUT2D eigenvalue weighted by Crippen LogP contribution is -2.54. The Balaban J connectivity index is 1.58. The molecule has 2 heterocycles. The van der Waals surface area contributed by atoms with Crippen LogP contribution in [-0.4, -0.2) is 66.5 Å². The number of benzene rings is 1. The number of esters is 1. The van der Waals surface area contributed by atoms with Crippen LogP contribution in [0.25, 0.3) is 0 Å². The van der Waals surface area contributed by atoms with Crippen molar-refractivity contribution in [3.8, 4) is 0 Å². The SMILES string of the molecule is C=CCOC(=O)CNC(=O)[C@H](CC(C)C)NC(=O)[C@@H]1CCCN1C(=O)[C@@H]1O[C@H]1c1ccccc1. The van der Waals surface area contributed by atoms with E-state index in [1.807, 2.05) is 44.2 Å². The Bertz CT molecular complexity index is 903. The predicted molar refractivity (Wildman–Crippen MR) is 124 cm³/mol. The molecule has 0 bridgehead atoms. The van der Waals surface area contributed by atoms with Gasteiger partial charge >= 0.3 is 5.97 Å². The molecule has 34 heavy (non-hydrogen) atoms. The molecule has 0 aromatic heterocycles. The first kappa shape index (κ1) is 25.4. The highest BCUT2D eigenvalue weighted by Crippen LogP contribution is 2.40. The van der Waals surface area contributed by atoms with Crippen molar-refractivity contribution >= 4 is 23.7 Å². The molecule has 1 aromatic carbocycles. The smallest absolute Gasteiger partial charge is 0.325 e. The summed E-state index contributed by atoms with van der Waals surface area (Å²) in [5.41, 5.74) is 0.932. The van der Waals surface area contributed by atoms with Gasteiger partial charge in [-0.3, -0.25) is 19.2 Å². The number of rotatable bonds is 11. The number of carbonyl (C=O) groups excluding carboxylic acids is 4. The highest BCUT2D eigenvalue weighted by molar-refractivity contribution is 5.94. The number of hydrogen-bond acceptors (Lipinski definition) is 6. The van der Waals surface area contributed by atoms with Gasteiger partial charge in [0.2, 0.25) is 11.8 Å². The zero-order valence-corrected chi connectivity index (χ0v) is 19.7. The van der Waals surface area contributed by atoms with E-state index in [-0.39, 0.29) is 37.0 Å². The minimum Gasteiger partial charge on any atom is -0.460 e. The summed E-state index contributed by atoms with van der Waals surface area (Å²) < 4.78 is 10.5. The van der Waals surface area contributed by atoms with Gasteiger partial charge in [0.15, 0.2) is 6.10 Å². The van der Waals surface area contributed by atoms with Crippen LogP contribution in [0.2, 0.25) is 0 Å². The van der Waals surface area contributed by atoms with E-state index in [0.717, 1.165) is 5.56 Å². The van der Waals surface area contributed by atoms with Gasteiger partial charge in [-0.05, 0) is 30.7 Å². The van der Waals surface area contributed by atoms with E-state index < -0.39 is 30.1 Å². The number of amides is 3. The molecule has 184 valence electrons. The molecular weight excluding hydrogens is 438 g/mol. The topological polar surface area (TPSA) is 117 Å². The highest BCUT2D eigenvalue weighted by Gasteiger charge is 2.50. The maximum atomic E-state index is 13.1. The number of likely N-dealkylation sites (tertiary alicyclic amines) is 1. The maximum absolute atomic E-state index is 13.1. The molecule has 3 amide bonds. The molecule has 9 nitrogen and oxygen atoms in total. The van der Waals surface area contributed by atoms with Crippen LogP contribution in [0.15, 0.2) is 43.0 Å². The zero-order chi connectivity index (χ0) is 24.7. The van der Waals surface area contributed by atoms with Crippen molar-refractivity contribution in [1.82, 2.24) is 15.5 Å². The van der Waals surface area contributed by atoms with Crippen LogP contribution in [0, 0.1) is 5.92 Å². The van der Waals surface area contributed by atoms with Crippen molar-refractivity contribution in [2.24, 2.45) is 5.92 Å². The number of nitrogens with zero attached hydrogens (tertiary/aromatic N) is 1. The lowest BCUT2D eigenvalue weighted by Gasteiger charge is -2.26. The molecule has 2 N–H and O–H groups in total. The lowest BCUT2D eigenvalue weighted by atomic mass is 10.0. The van der Waals surface area contributed by atoms with E-state index in [2.05, 4.69) is 17.2 Å². The Kier molecular flexibility index (Phi) is 8.81. The van der Waals surface area contributed by atoms with E-state index in [4.69, 9.17) is 9.47 Å². The molecule has 2 saturated heterocycles. The first-order chi connectivity index (χ1) is 16.3. The summed E-state index contributed by atoms with van der Waals surface area (Å²) in [5, 5.41) is 5.31. The van der Waals surface area contributed by atoms with Crippen molar-refractivity contribution in [1.29, 1.82) is 0 Å². The number of nitrogens with one attached hydrogen (secondary N) is 2. The zero-order valence-electron chi connectivity index (χ0n) is 19.7. The molecule has 0 radical (unpaired) electrons. The van der Waals surface area contributed by atoms with Gasteiger partial charge in [0, 0.05) is 6.54 Å². The van der Waals surface area contributed by atoms with E-state index >= 15 is 0 Å². The Labute approximate surface area is 199 Å². The second kappa shape index (κ2) is 11.8. The third-order valence-corrected chi connectivity index (χ3v) is 5.81. The lowest BCUT2D eigenvalue weighted by molar-refractivity contribution is -0.143. The van der Waals surface area contributed by atoms with Crippen LogP contribution in [0.3, 0.4) is 0 Å². The maximum Gasteiger partial charge on any atom is 0.325 e. The van der Waals surface area contributed by atoms with Gasteiger partial charge in [0.05, 0.1) is 0 Å². The van der Waals surface area contributed by atoms with E-state index in [1.165, 1.54) is 6.08 Å². The quantitative estimate of drug-likeness (QED) is 0.287. The summed E-state index contributed by atoms with van der Waals surface area (Å²) in [4.78, 5) is 52.1. The predicted octanol–water partition coefficient (Wildman–Crippen LogP) is 1.49. The summed E-state index contributed by atoms with van der Waals surface area (Å²) >= 11 is 0. The summed E-state index contributed by atoms with van der Waals surface area (Å²) in [7, 11) is 0. The van der Waals surface area contributed by atoms with Gasteiger partial charge in [0.25, 0.3) is 5.91 Å². The van der Waals surface area contributed by atoms with E-state index in [1.54, 1.807) is 4.90 Å². The van der Waals surface area contributed by atoms with Crippen molar-refractivity contribution in [2.75, 3.05) is 19.7 Å². The molecule has 0 saturated carbocycles. The minimum atomic E-state index is -0.827. The molecular formula is C25H33N3O6. The average Bonchev–Trinajstić information content (AvgIpc) is 3.47. The molecule has 1 aromatic rings. The number of epoxide rings is 1. The van der Waals surface area contributed by atoms with Crippen molar-refractivity contribution < 1.29 is 28.7 Å². The van der Waals surface area contributed by atoms with Crippen molar-refractivity contribution in [3.05, 3.63) is 48.6 Å². The molecule has 9 heteroatoms. The van der Waals surface area contributed by atoms with Gasteiger partial charge in [-0.2, -0.15) is 0 Å². The van der Waals surface area contributed by atoms with Crippen LogP contribution in [-0.2, 0) is 28.7 Å². The fourth-order valence-electron chi connectivity index (χ4n) is 4.12. The molecule has 3 rings (SSSR count). The van der Waals surface area contributed by atoms with Gasteiger partial charge < -0.3 is 25.0 Å². The number of hydrogen-bond donors (Lipinski definition) is 2. The molecule has 0 aliphatic carbocycles. The fraction of sp³-hybridized carbons (Fsp3) is 0.520. The van der Waals surface area contributed by atoms with Gasteiger partial charge in [-0.15, -0.1) is 0 Å². The molecule has 4 atom stereocenters. The first-order valence-corrected chi connectivity index (χ1v) is 11.7. The summed E-state index contributed by atoms with van der Waals surface area (Å²) in [6, 6.07) is 8.02. The van der Waals surface area contributed by atoms with Gasteiger partial charge in [-0.1, -0.05) is 56.8 Å². The molecule has 2 fully saturated rings. The second-order valence-corrected chi connectivity index (χ2v) is 8.96. The first-order valence-electron chi connectivity index (χ1n) is 11.7. The largest absolute Gasteiger partial charge is 0.460 e. The van der Waals surface area contributed by atoms with Gasteiger partial charge in [0.1, 0.15) is 31.3 Å². The monoisotopic (exact) mass is 471 g/mol. The Morgan fingerprint density at radius 1 is 1.24 bits per heavy atom. The van der Waals surface area contributed by atoms with Crippen LogP contribution in [0.1, 0.15) is 44.8 Å². The normalized spacial score (nSPS) is 22.1. The third kappa shape index (κ3) is 6.66. The van der Waals surface area contributed by atoms with E-state index in [9.17, 15) is 19.2 Å². The third-order valence-electron chi connectivity index (χ3n) is 5.81. The van der Waals surface area contributed by atoms with Crippen molar-refractivity contribution in [3.63, 3.8) is 0 Å². The second-order valence-electron chi connectivity index (χ2n) is 8.96.